The first-order chi connectivity index (χ1) is 16.9. The topological polar surface area (TPSA) is 105 Å². The number of rotatable bonds is 10. The quantitative estimate of drug-likeness (QED) is 0.459. The van der Waals surface area contributed by atoms with Gasteiger partial charge in [0.15, 0.2) is 0 Å². The molecule has 186 valence electrons. The fourth-order valence-corrected chi connectivity index (χ4v) is 5.30. The summed E-state index contributed by atoms with van der Waals surface area (Å²) in [6, 6.07) is 16.2. The summed E-state index contributed by atoms with van der Waals surface area (Å²) in [5, 5.41) is 15.0. The number of nitrogens with one attached hydrogen (secondary N) is 2. The van der Waals surface area contributed by atoms with Gasteiger partial charge in [0.1, 0.15) is 6.61 Å². The van der Waals surface area contributed by atoms with Gasteiger partial charge in [0.05, 0.1) is 5.92 Å². The molecule has 2 aromatic carbocycles. The first-order valence-electron chi connectivity index (χ1n) is 12.5. The van der Waals surface area contributed by atoms with Gasteiger partial charge >= 0.3 is 12.1 Å². The number of carboxylic acid groups (broad SMARTS) is 1. The molecular weight excluding hydrogens is 444 g/mol. The van der Waals surface area contributed by atoms with E-state index in [-0.39, 0.29) is 30.4 Å². The Kier molecular flexibility index (Phi) is 8.06. The molecule has 35 heavy (non-hydrogen) atoms. The predicted molar refractivity (Wildman–Crippen MR) is 133 cm³/mol. The molecule has 3 N–H and O–H groups in total. The molecule has 0 heterocycles. The molecule has 0 spiro atoms. The van der Waals surface area contributed by atoms with Gasteiger partial charge in [-0.25, -0.2) is 4.79 Å². The third-order valence-corrected chi connectivity index (χ3v) is 7.29. The molecule has 0 bridgehead atoms. The van der Waals surface area contributed by atoms with E-state index in [9.17, 15) is 19.5 Å². The van der Waals surface area contributed by atoms with Crippen LogP contribution in [0.5, 0.6) is 0 Å². The highest BCUT2D eigenvalue weighted by molar-refractivity contribution is 5.79. The SMILES string of the molecule is CC(CCNC(=O)OCC1c2ccccc2-c2ccccc21)CCC(=O)N[C@H]1CCC[C@H]1C(=O)O. The Labute approximate surface area is 206 Å². The molecule has 2 aliphatic carbocycles. The monoisotopic (exact) mass is 478 g/mol. The summed E-state index contributed by atoms with van der Waals surface area (Å²) in [5.41, 5.74) is 4.75. The smallest absolute Gasteiger partial charge is 0.407 e. The number of aliphatic carboxylic acids is 1. The van der Waals surface area contributed by atoms with Crippen molar-refractivity contribution in [2.75, 3.05) is 13.2 Å². The fourth-order valence-electron chi connectivity index (χ4n) is 5.30. The number of alkyl carbamates (subject to hydrolysis) is 1. The van der Waals surface area contributed by atoms with E-state index in [0.29, 0.717) is 25.8 Å². The van der Waals surface area contributed by atoms with Crippen LogP contribution in [0.25, 0.3) is 11.1 Å². The third kappa shape index (κ3) is 6.02. The maximum Gasteiger partial charge on any atom is 0.407 e. The number of hydrogen-bond acceptors (Lipinski definition) is 4. The molecule has 0 radical (unpaired) electrons. The van der Waals surface area contributed by atoms with Crippen LogP contribution in [0, 0.1) is 11.8 Å². The molecule has 1 fully saturated rings. The molecule has 4 rings (SSSR count). The molecule has 0 saturated heterocycles. The molecule has 1 unspecified atom stereocenters. The molecule has 7 nitrogen and oxygen atoms in total. The Bertz CT molecular complexity index is 1020. The van der Waals surface area contributed by atoms with Crippen molar-refractivity contribution in [3.63, 3.8) is 0 Å². The van der Waals surface area contributed by atoms with Crippen LogP contribution in [-0.4, -0.2) is 42.3 Å². The maximum absolute atomic E-state index is 12.3. The number of benzene rings is 2. The first-order valence-corrected chi connectivity index (χ1v) is 12.5. The van der Waals surface area contributed by atoms with E-state index in [1.807, 2.05) is 31.2 Å². The highest BCUT2D eigenvalue weighted by Crippen LogP contribution is 2.44. The van der Waals surface area contributed by atoms with Crippen molar-refractivity contribution < 1.29 is 24.2 Å². The van der Waals surface area contributed by atoms with Gasteiger partial charge in [0.25, 0.3) is 0 Å². The summed E-state index contributed by atoms with van der Waals surface area (Å²) in [5.74, 6) is -1.13. The second-order valence-corrected chi connectivity index (χ2v) is 9.73. The zero-order valence-electron chi connectivity index (χ0n) is 20.2. The summed E-state index contributed by atoms with van der Waals surface area (Å²) in [4.78, 5) is 35.8. The summed E-state index contributed by atoms with van der Waals surface area (Å²) >= 11 is 0. The van der Waals surface area contributed by atoms with Gasteiger partial charge in [-0.05, 0) is 53.9 Å². The van der Waals surface area contributed by atoms with Crippen molar-refractivity contribution >= 4 is 18.0 Å². The standard InChI is InChI=1S/C28H34N2O5/c1-18(13-14-26(31)30-25-12-6-11-23(25)27(32)33)15-16-29-28(34)35-17-24-21-9-4-2-7-19(21)20-8-3-5-10-22(20)24/h2-5,7-10,18,23-25H,6,11-17H2,1H3,(H,29,34)(H,30,31)(H,32,33)/t18?,23-,25+/m1/s1. The Morgan fingerprint density at radius 1 is 1.00 bits per heavy atom. The van der Waals surface area contributed by atoms with Crippen molar-refractivity contribution in [3.8, 4) is 11.1 Å². The Morgan fingerprint density at radius 3 is 2.31 bits per heavy atom. The molecule has 7 heteroatoms. The average molecular weight is 479 g/mol. The molecule has 2 aliphatic rings. The number of ether oxygens (including phenoxy) is 1. The Morgan fingerprint density at radius 2 is 1.66 bits per heavy atom. The van der Waals surface area contributed by atoms with E-state index in [1.54, 1.807) is 0 Å². The number of amides is 2. The summed E-state index contributed by atoms with van der Waals surface area (Å²) in [6.45, 7) is 2.81. The lowest BCUT2D eigenvalue weighted by atomic mass is 9.98. The predicted octanol–water partition coefficient (Wildman–Crippen LogP) is 4.70. The molecule has 0 aromatic heterocycles. The summed E-state index contributed by atoms with van der Waals surface area (Å²) < 4.78 is 5.56. The van der Waals surface area contributed by atoms with Crippen LogP contribution in [0.4, 0.5) is 4.79 Å². The van der Waals surface area contributed by atoms with Crippen LogP contribution in [0.3, 0.4) is 0 Å². The van der Waals surface area contributed by atoms with Gasteiger partial charge in [-0.1, -0.05) is 61.9 Å². The Balaban J connectivity index is 1.15. The molecular formula is C28H34N2O5. The highest BCUT2D eigenvalue weighted by atomic mass is 16.5. The molecule has 2 aromatic rings. The largest absolute Gasteiger partial charge is 0.481 e. The second-order valence-electron chi connectivity index (χ2n) is 9.73. The number of carboxylic acids is 1. The van der Waals surface area contributed by atoms with Crippen LogP contribution in [0.2, 0.25) is 0 Å². The lowest BCUT2D eigenvalue weighted by Gasteiger charge is -2.18. The van der Waals surface area contributed by atoms with Crippen molar-refractivity contribution in [1.82, 2.24) is 10.6 Å². The molecule has 0 aliphatic heterocycles. The number of fused-ring (bicyclic) bond motifs is 3. The number of hydrogen-bond donors (Lipinski definition) is 3. The van der Waals surface area contributed by atoms with E-state index in [0.717, 1.165) is 19.3 Å². The minimum absolute atomic E-state index is 0.0335. The Hall–Kier alpha value is -3.35. The number of carbonyl (C=O) groups excluding carboxylic acids is 2. The van der Waals surface area contributed by atoms with Gasteiger partial charge < -0.3 is 20.5 Å². The highest BCUT2D eigenvalue weighted by Gasteiger charge is 2.33. The second kappa shape index (κ2) is 11.4. The minimum atomic E-state index is -0.833. The maximum atomic E-state index is 12.3. The number of carbonyl (C=O) groups is 3. The summed E-state index contributed by atoms with van der Waals surface area (Å²) in [6.07, 6.45) is 3.52. The van der Waals surface area contributed by atoms with Crippen LogP contribution in [0.15, 0.2) is 48.5 Å². The van der Waals surface area contributed by atoms with E-state index in [1.165, 1.54) is 22.3 Å². The molecule has 3 atom stereocenters. The zero-order valence-corrected chi connectivity index (χ0v) is 20.2. The van der Waals surface area contributed by atoms with Gasteiger partial charge in [-0.15, -0.1) is 0 Å². The average Bonchev–Trinajstić information content (AvgIpc) is 3.44. The van der Waals surface area contributed by atoms with Crippen molar-refractivity contribution in [2.45, 2.75) is 57.4 Å². The van der Waals surface area contributed by atoms with E-state index >= 15 is 0 Å². The van der Waals surface area contributed by atoms with Crippen LogP contribution < -0.4 is 10.6 Å². The van der Waals surface area contributed by atoms with Gasteiger partial charge in [-0.3, -0.25) is 9.59 Å². The molecule has 1 saturated carbocycles. The minimum Gasteiger partial charge on any atom is -0.481 e. The van der Waals surface area contributed by atoms with E-state index < -0.39 is 18.0 Å². The lowest BCUT2D eigenvalue weighted by Crippen LogP contribution is -2.40. The fraction of sp³-hybridized carbons (Fsp3) is 0.464. The zero-order chi connectivity index (χ0) is 24.8. The van der Waals surface area contributed by atoms with Crippen LogP contribution in [-0.2, 0) is 14.3 Å². The normalized spacial score (nSPS) is 19.5. The van der Waals surface area contributed by atoms with Gasteiger partial charge in [-0.2, -0.15) is 0 Å². The van der Waals surface area contributed by atoms with Crippen molar-refractivity contribution in [2.24, 2.45) is 11.8 Å². The van der Waals surface area contributed by atoms with Crippen molar-refractivity contribution in [1.29, 1.82) is 0 Å². The van der Waals surface area contributed by atoms with Gasteiger partial charge in [0, 0.05) is 24.9 Å². The van der Waals surface area contributed by atoms with Crippen LogP contribution >= 0.6 is 0 Å². The van der Waals surface area contributed by atoms with Crippen LogP contribution in [0.1, 0.15) is 62.5 Å². The van der Waals surface area contributed by atoms with E-state index in [4.69, 9.17) is 4.74 Å². The van der Waals surface area contributed by atoms with Crippen molar-refractivity contribution in [3.05, 3.63) is 59.7 Å². The van der Waals surface area contributed by atoms with Gasteiger partial charge in [0.2, 0.25) is 5.91 Å². The first kappa shape index (κ1) is 24.8. The summed E-state index contributed by atoms with van der Waals surface area (Å²) in [7, 11) is 0. The van der Waals surface area contributed by atoms with E-state index in [2.05, 4.69) is 34.9 Å². The molecule has 2 amide bonds. The third-order valence-electron chi connectivity index (χ3n) is 7.29. The lowest BCUT2D eigenvalue weighted by molar-refractivity contribution is -0.142.